The van der Waals surface area contributed by atoms with Crippen molar-refractivity contribution >= 4 is 58.7 Å². The SMILES string of the molecule is CC(C)(C)c1ccnc(-c2ccc(-c3ccccc3C3CC(c4ccccc4-c4ccc(-c5cc(C(C)(C)C)ccn5)cc4Br)CC(c4ccccc4-c4ccc(-c5ccc6ccccc6n5)cc4Br)C3)c(Br)c2)c1. The Kier molecular flexibility index (Phi) is 14.2. The number of benzene rings is 7. The van der Waals surface area contributed by atoms with Gasteiger partial charge in [-0.15, -0.1) is 0 Å². The maximum atomic E-state index is 5.05. The Morgan fingerprint density at radius 2 is 0.733 bits per heavy atom. The summed E-state index contributed by atoms with van der Waals surface area (Å²) in [6.45, 7) is 13.5. The summed E-state index contributed by atoms with van der Waals surface area (Å²) in [5.74, 6) is 0.790. The molecule has 7 aromatic carbocycles. The van der Waals surface area contributed by atoms with Crippen LogP contribution in [0, 0.1) is 0 Å². The van der Waals surface area contributed by atoms with Gasteiger partial charge in [0.15, 0.2) is 0 Å². The lowest BCUT2D eigenvalue weighted by atomic mass is 9.66. The molecule has 0 radical (unpaired) electrons. The van der Waals surface area contributed by atoms with Crippen molar-refractivity contribution in [2.24, 2.45) is 0 Å². The van der Waals surface area contributed by atoms with E-state index in [9.17, 15) is 0 Å². The van der Waals surface area contributed by atoms with Gasteiger partial charge in [-0.2, -0.15) is 0 Å². The lowest BCUT2D eigenvalue weighted by Gasteiger charge is -2.38. The third-order valence-electron chi connectivity index (χ3n) is 15.4. The normalized spacial score (nSPS) is 16.0. The Morgan fingerprint density at radius 3 is 1.13 bits per heavy atom. The summed E-state index contributed by atoms with van der Waals surface area (Å²) in [7, 11) is 0. The number of hydrogen-bond acceptors (Lipinski definition) is 3. The van der Waals surface area contributed by atoms with Gasteiger partial charge in [0.2, 0.25) is 0 Å². The van der Waals surface area contributed by atoms with E-state index in [1.165, 1.54) is 61.2 Å². The van der Waals surface area contributed by atoms with E-state index in [1.807, 2.05) is 12.4 Å². The minimum Gasteiger partial charge on any atom is -0.256 e. The van der Waals surface area contributed by atoms with Crippen LogP contribution in [0.2, 0.25) is 0 Å². The second-order valence-corrected chi connectivity index (χ2v) is 25.0. The van der Waals surface area contributed by atoms with Crippen LogP contribution in [-0.2, 0) is 10.8 Å². The number of pyridine rings is 3. The first-order chi connectivity index (χ1) is 36.2. The van der Waals surface area contributed by atoms with Crippen LogP contribution in [0.3, 0.4) is 0 Å². The first-order valence-corrected chi connectivity index (χ1v) is 28.5. The van der Waals surface area contributed by atoms with Gasteiger partial charge in [-0.1, -0.05) is 223 Å². The second kappa shape index (κ2) is 21.0. The fourth-order valence-electron chi connectivity index (χ4n) is 11.4. The van der Waals surface area contributed by atoms with Crippen LogP contribution in [0.1, 0.15) is 106 Å². The lowest BCUT2D eigenvalue weighted by Crippen LogP contribution is -2.21. The van der Waals surface area contributed by atoms with Gasteiger partial charge in [-0.05, 0) is 164 Å². The van der Waals surface area contributed by atoms with Crippen LogP contribution in [0.5, 0.6) is 0 Å². The van der Waals surface area contributed by atoms with E-state index in [-0.39, 0.29) is 28.6 Å². The smallest absolute Gasteiger partial charge is 0.0710 e. The Hall–Kier alpha value is -6.31. The maximum Gasteiger partial charge on any atom is 0.0710 e. The van der Waals surface area contributed by atoms with Gasteiger partial charge in [-0.25, -0.2) is 4.98 Å². The monoisotopic (exact) mass is 1170 g/mol. The van der Waals surface area contributed by atoms with Crippen molar-refractivity contribution < 1.29 is 0 Å². The van der Waals surface area contributed by atoms with E-state index in [1.54, 1.807) is 0 Å². The predicted octanol–water partition coefficient (Wildman–Crippen LogP) is 20.7. The van der Waals surface area contributed by atoms with Gasteiger partial charge < -0.3 is 0 Å². The fraction of sp³-hybridized carbons (Fsp3) is 0.203. The summed E-state index contributed by atoms with van der Waals surface area (Å²) in [5, 5.41) is 1.14. The van der Waals surface area contributed by atoms with Gasteiger partial charge in [0.25, 0.3) is 0 Å². The first kappa shape index (κ1) is 50.8. The molecule has 3 heterocycles. The molecule has 0 aliphatic heterocycles. The minimum atomic E-state index is 0.0276. The molecule has 2 unspecified atom stereocenters. The maximum absolute atomic E-state index is 5.05. The van der Waals surface area contributed by atoms with E-state index >= 15 is 0 Å². The molecule has 6 heteroatoms. The molecule has 1 fully saturated rings. The highest BCUT2D eigenvalue weighted by Gasteiger charge is 2.35. The summed E-state index contributed by atoms with van der Waals surface area (Å²) in [4.78, 5) is 14.7. The molecule has 0 bridgehead atoms. The summed E-state index contributed by atoms with van der Waals surface area (Å²) in [6, 6.07) is 69.0. The molecule has 0 amide bonds. The van der Waals surface area contributed by atoms with E-state index in [2.05, 4.69) is 277 Å². The van der Waals surface area contributed by atoms with Crippen molar-refractivity contribution in [2.45, 2.75) is 89.4 Å². The number of hydrogen-bond donors (Lipinski definition) is 0. The zero-order valence-electron chi connectivity index (χ0n) is 43.4. The Morgan fingerprint density at radius 1 is 0.360 bits per heavy atom. The zero-order chi connectivity index (χ0) is 52.0. The van der Waals surface area contributed by atoms with Crippen LogP contribution in [0.4, 0.5) is 0 Å². The van der Waals surface area contributed by atoms with E-state index in [0.29, 0.717) is 0 Å². The number of rotatable bonds is 9. The number of para-hydroxylation sites is 1. The number of fused-ring (bicyclic) bond motifs is 1. The van der Waals surface area contributed by atoms with Crippen LogP contribution in [0.15, 0.2) is 214 Å². The molecule has 0 spiro atoms. The van der Waals surface area contributed by atoms with Gasteiger partial charge in [0, 0.05) is 47.9 Å². The Labute approximate surface area is 468 Å². The van der Waals surface area contributed by atoms with Crippen molar-refractivity contribution in [2.75, 3.05) is 0 Å². The molecule has 0 saturated heterocycles. The molecule has 1 aliphatic rings. The van der Waals surface area contributed by atoms with E-state index in [0.717, 1.165) is 77.4 Å². The van der Waals surface area contributed by atoms with Gasteiger partial charge in [0.05, 0.1) is 22.6 Å². The molecule has 75 heavy (non-hydrogen) atoms. The molecule has 10 aromatic rings. The summed E-state index contributed by atoms with van der Waals surface area (Å²) in [5.41, 5.74) is 21.3. The molecule has 2 atom stereocenters. The molecule has 11 rings (SSSR count). The molecule has 1 aliphatic carbocycles. The minimum absolute atomic E-state index is 0.0276. The number of nitrogens with zero attached hydrogens (tertiary/aromatic N) is 3. The highest BCUT2D eigenvalue weighted by molar-refractivity contribution is 9.11. The molecule has 372 valence electrons. The quantitative estimate of drug-likeness (QED) is 0.145. The standard InChI is InChI=1S/C69H60Br3N3/c1-68(2,3)50-31-33-73-66(41-50)45-24-28-59(62(71)39-45)56-20-12-9-17-53(56)48-35-47(52-16-8-11-19-55(52)58-27-23-44(38-61(58)70)65-30-26-43-15-7-14-22-64(43)75-65)36-49(37-48)54-18-10-13-21-57(54)60-29-25-46(40-63(60)72)67-42-51(32-34-74-67)69(4,5)6/h7-34,38-42,47-49H,35-37H2,1-6H3. The summed E-state index contributed by atoms with van der Waals surface area (Å²) < 4.78 is 3.19. The van der Waals surface area contributed by atoms with E-state index < -0.39 is 0 Å². The fourth-order valence-corrected chi connectivity index (χ4v) is 13.2. The van der Waals surface area contributed by atoms with Crippen molar-refractivity contribution in [3.8, 4) is 67.2 Å². The second-order valence-electron chi connectivity index (χ2n) is 22.4. The van der Waals surface area contributed by atoms with Gasteiger partial charge in [-0.3, -0.25) is 9.97 Å². The summed E-state index contributed by atoms with van der Waals surface area (Å²) >= 11 is 12.3. The molecule has 0 N–H and O–H groups in total. The van der Waals surface area contributed by atoms with E-state index in [4.69, 9.17) is 15.0 Å². The van der Waals surface area contributed by atoms with Crippen molar-refractivity contribution in [3.05, 3.63) is 242 Å². The largest absolute Gasteiger partial charge is 0.256 e. The van der Waals surface area contributed by atoms with Crippen LogP contribution in [0.25, 0.3) is 78.1 Å². The highest BCUT2D eigenvalue weighted by Crippen LogP contribution is 2.54. The van der Waals surface area contributed by atoms with Gasteiger partial charge in [0.1, 0.15) is 0 Å². The molecular formula is C69H60Br3N3. The Balaban J connectivity index is 0.994. The Bertz CT molecular complexity index is 3590. The average Bonchev–Trinajstić information content (AvgIpc) is 3.42. The van der Waals surface area contributed by atoms with Crippen molar-refractivity contribution in [3.63, 3.8) is 0 Å². The number of halogens is 3. The van der Waals surface area contributed by atoms with Crippen LogP contribution >= 0.6 is 47.8 Å². The third kappa shape index (κ3) is 10.6. The molecule has 3 nitrogen and oxygen atoms in total. The average molecular weight is 1170 g/mol. The lowest BCUT2D eigenvalue weighted by molar-refractivity contribution is 0.353. The van der Waals surface area contributed by atoms with Crippen LogP contribution in [-0.4, -0.2) is 15.0 Å². The zero-order valence-corrected chi connectivity index (χ0v) is 48.1. The van der Waals surface area contributed by atoms with Crippen molar-refractivity contribution in [1.82, 2.24) is 15.0 Å². The van der Waals surface area contributed by atoms with Crippen LogP contribution < -0.4 is 0 Å². The van der Waals surface area contributed by atoms with Gasteiger partial charge >= 0.3 is 0 Å². The third-order valence-corrected chi connectivity index (χ3v) is 17.4. The predicted molar refractivity (Wildman–Crippen MR) is 325 cm³/mol. The number of aromatic nitrogens is 3. The summed E-state index contributed by atoms with van der Waals surface area (Å²) in [6.07, 6.45) is 6.93. The first-order valence-electron chi connectivity index (χ1n) is 26.1. The highest BCUT2D eigenvalue weighted by atomic mass is 79.9. The topological polar surface area (TPSA) is 38.7 Å². The molecular weight excluding hydrogens is 1110 g/mol. The molecule has 3 aromatic heterocycles. The van der Waals surface area contributed by atoms with Crippen molar-refractivity contribution in [1.29, 1.82) is 0 Å². The molecule has 1 saturated carbocycles.